The molecule has 0 aliphatic heterocycles. The van der Waals surface area contributed by atoms with Gasteiger partial charge in [0.1, 0.15) is 10.8 Å². The van der Waals surface area contributed by atoms with Crippen molar-refractivity contribution in [3.63, 3.8) is 0 Å². The van der Waals surface area contributed by atoms with Gasteiger partial charge >= 0.3 is 0 Å². The van der Waals surface area contributed by atoms with Gasteiger partial charge in [-0.25, -0.2) is 9.97 Å². The number of carbonyl (C=O) groups is 1. The van der Waals surface area contributed by atoms with E-state index in [2.05, 4.69) is 14.7 Å². The molecule has 8 nitrogen and oxygen atoms in total. The molecule has 0 saturated carbocycles. The van der Waals surface area contributed by atoms with Crippen molar-refractivity contribution in [3.8, 4) is 0 Å². The summed E-state index contributed by atoms with van der Waals surface area (Å²) < 4.78 is 28.3. The number of amides is 1. The van der Waals surface area contributed by atoms with E-state index in [4.69, 9.17) is 5.73 Å². The molecule has 0 saturated heterocycles. The number of sulfonamides is 1. The Kier molecular flexibility index (Phi) is 3.77. The van der Waals surface area contributed by atoms with Gasteiger partial charge in [-0.3, -0.25) is 9.52 Å². The first-order valence-corrected chi connectivity index (χ1v) is 7.95. The molecular formula is C10H13N5O3S2. The first-order valence-electron chi connectivity index (χ1n) is 5.65. The summed E-state index contributed by atoms with van der Waals surface area (Å²) in [5.74, 6) is -0.0958. The quantitative estimate of drug-likeness (QED) is 0.835. The van der Waals surface area contributed by atoms with Gasteiger partial charge in [0.2, 0.25) is 0 Å². The summed E-state index contributed by atoms with van der Waals surface area (Å²) in [6, 6.07) is 0. The number of nitrogens with two attached hydrogens (primary N) is 1. The Balaban J connectivity index is 2.27. The van der Waals surface area contributed by atoms with Crippen LogP contribution in [-0.2, 0) is 16.6 Å². The van der Waals surface area contributed by atoms with Crippen LogP contribution < -0.4 is 10.5 Å². The number of nitrogens with zero attached hydrogens (tertiary/aromatic N) is 3. The van der Waals surface area contributed by atoms with E-state index in [9.17, 15) is 13.2 Å². The van der Waals surface area contributed by atoms with Gasteiger partial charge in [-0.2, -0.15) is 8.42 Å². The molecule has 0 unspecified atom stereocenters. The predicted molar refractivity (Wildman–Crippen MR) is 74.1 cm³/mol. The lowest BCUT2D eigenvalue weighted by Gasteiger charge is -2.01. The largest absolute Gasteiger partial charge is 0.364 e. The average Bonchev–Trinajstić information content (AvgIpc) is 2.95. The molecule has 2 aromatic rings. The Morgan fingerprint density at radius 3 is 2.75 bits per heavy atom. The fraction of sp³-hybridized carbons (Fsp3) is 0.300. The fourth-order valence-corrected chi connectivity index (χ4v) is 3.50. The van der Waals surface area contributed by atoms with Gasteiger partial charge in [0.25, 0.3) is 15.9 Å². The Morgan fingerprint density at radius 1 is 1.55 bits per heavy atom. The zero-order chi connectivity index (χ0) is 14.9. The van der Waals surface area contributed by atoms with E-state index in [0.29, 0.717) is 12.4 Å². The minimum absolute atomic E-state index is 0.0398. The van der Waals surface area contributed by atoms with Crippen molar-refractivity contribution in [3.05, 3.63) is 23.2 Å². The average molecular weight is 315 g/mol. The third-order valence-electron chi connectivity index (χ3n) is 2.52. The number of aromatic nitrogens is 3. The van der Waals surface area contributed by atoms with Gasteiger partial charge in [0, 0.05) is 12.7 Å². The lowest BCUT2D eigenvalue weighted by molar-refractivity contribution is 0.1000. The van der Waals surface area contributed by atoms with Crippen molar-refractivity contribution in [2.24, 2.45) is 5.73 Å². The zero-order valence-corrected chi connectivity index (χ0v) is 12.5. The van der Waals surface area contributed by atoms with E-state index in [1.54, 1.807) is 11.5 Å². The van der Waals surface area contributed by atoms with E-state index < -0.39 is 15.9 Å². The first-order chi connectivity index (χ1) is 9.33. The lowest BCUT2D eigenvalue weighted by atomic mass is 10.6. The number of carbonyl (C=O) groups excluding carboxylic acids is 1. The summed E-state index contributed by atoms with van der Waals surface area (Å²) in [5, 5.41) is 0.173. The maximum Gasteiger partial charge on any atom is 0.281 e. The van der Waals surface area contributed by atoms with E-state index in [-0.39, 0.29) is 15.0 Å². The molecule has 0 aliphatic rings. The molecule has 0 aromatic carbocycles. The van der Waals surface area contributed by atoms with Crippen molar-refractivity contribution in [1.82, 2.24) is 14.5 Å². The molecule has 20 heavy (non-hydrogen) atoms. The van der Waals surface area contributed by atoms with Crippen LogP contribution in [0.5, 0.6) is 0 Å². The minimum atomic E-state index is -3.80. The van der Waals surface area contributed by atoms with Crippen LogP contribution in [0.1, 0.15) is 22.6 Å². The second kappa shape index (κ2) is 5.21. The Hall–Kier alpha value is -1.94. The van der Waals surface area contributed by atoms with E-state index >= 15 is 0 Å². The number of imidazole rings is 1. The standard InChI is InChI=1S/C10H13N5O3S2/c1-3-15-5-8(13-6(15)2)20(17,18)14-7-4-12-10(19-7)9(11)16/h4-5,14H,3H2,1-2H3,(H2,11,16). The topological polar surface area (TPSA) is 120 Å². The summed E-state index contributed by atoms with van der Waals surface area (Å²) in [7, 11) is -3.80. The Morgan fingerprint density at radius 2 is 2.25 bits per heavy atom. The first kappa shape index (κ1) is 14.5. The number of rotatable bonds is 5. The number of nitrogens with one attached hydrogen (secondary N) is 1. The highest BCUT2D eigenvalue weighted by molar-refractivity contribution is 7.92. The fourth-order valence-electron chi connectivity index (χ4n) is 1.55. The van der Waals surface area contributed by atoms with Crippen LogP contribution in [0.15, 0.2) is 17.4 Å². The molecule has 0 spiro atoms. The smallest absolute Gasteiger partial charge is 0.281 e. The number of hydrogen-bond donors (Lipinski definition) is 2. The van der Waals surface area contributed by atoms with Gasteiger partial charge in [-0.05, 0) is 13.8 Å². The summed E-state index contributed by atoms with van der Waals surface area (Å²) in [4.78, 5) is 18.6. The van der Waals surface area contributed by atoms with Crippen LogP contribution in [0.2, 0.25) is 0 Å². The molecular weight excluding hydrogens is 302 g/mol. The highest BCUT2D eigenvalue weighted by Crippen LogP contribution is 2.22. The van der Waals surface area contributed by atoms with Crippen molar-refractivity contribution >= 4 is 32.3 Å². The summed E-state index contributed by atoms with van der Waals surface area (Å²) in [6.45, 7) is 4.24. The number of thiazole rings is 1. The highest BCUT2D eigenvalue weighted by atomic mass is 32.2. The van der Waals surface area contributed by atoms with E-state index in [1.807, 2.05) is 6.92 Å². The summed E-state index contributed by atoms with van der Waals surface area (Å²) in [5.41, 5.74) is 5.06. The van der Waals surface area contributed by atoms with Gasteiger partial charge < -0.3 is 10.3 Å². The molecule has 0 bridgehead atoms. The Bertz CT molecular complexity index is 747. The second-order valence-corrected chi connectivity index (χ2v) is 6.57. The summed E-state index contributed by atoms with van der Waals surface area (Å²) in [6.07, 6.45) is 2.69. The predicted octanol–water partition coefficient (Wildman–Crippen LogP) is 0.568. The van der Waals surface area contributed by atoms with Crippen molar-refractivity contribution in [2.45, 2.75) is 25.4 Å². The van der Waals surface area contributed by atoms with Gasteiger partial charge in [-0.15, -0.1) is 0 Å². The van der Waals surface area contributed by atoms with Crippen LogP contribution in [0.3, 0.4) is 0 Å². The molecule has 1 amide bonds. The van der Waals surface area contributed by atoms with Crippen molar-refractivity contribution in [2.75, 3.05) is 4.72 Å². The van der Waals surface area contributed by atoms with Gasteiger partial charge in [0.05, 0.1) is 6.20 Å². The molecule has 0 fully saturated rings. The van der Waals surface area contributed by atoms with Crippen molar-refractivity contribution in [1.29, 1.82) is 0 Å². The van der Waals surface area contributed by atoms with Gasteiger partial charge in [0.15, 0.2) is 10.0 Å². The third kappa shape index (κ3) is 2.80. The molecule has 0 atom stereocenters. The molecule has 3 N–H and O–H groups in total. The minimum Gasteiger partial charge on any atom is -0.364 e. The van der Waals surface area contributed by atoms with Crippen LogP contribution >= 0.6 is 11.3 Å². The van der Waals surface area contributed by atoms with E-state index in [0.717, 1.165) is 11.3 Å². The number of primary amides is 1. The Labute approximate surface area is 119 Å². The monoisotopic (exact) mass is 315 g/mol. The van der Waals surface area contributed by atoms with Crippen LogP contribution in [0, 0.1) is 6.92 Å². The maximum atomic E-state index is 12.1. The molecule has 108 valence electrons. The van der Waals surface area contributed by atoms with Crippen LogP contribution in [0.25, 0.3) is 0 Å². The van der Waals surface area contributed by atoms with Crippen molar-refractivity contribution < 1.29 is 13.2 Å². The molecule has 2 rings (SSSR count). The molecule has 0 aliphatic carbocycles. The number of hydrogen-bond acceptors (Lipinski definition) is 6. The normalized spacial score (nSPS) is 11.5. The lowest BCUT2D eigenvalue weighted by Crippen LogP contribution is -2.12. The SMILES string of the molecule is CCn1cc(S(=O)(=O)Nc2cnc(C(N)=O)s2)nc1C. The van der Waals surface area contributed by atoms with E-state index in [1.165, 1.54) is 12.4 Å². The van der Waals surface area contributed by atoms with Crippen LogP contribution in [-0.4, -0.2) is 28.9 Å². The summed E-state index contributed by atoms with van der Waals surface area (Å²) >= 11 is 0.869. The zero-order valence-electron chi connectivity index (χ0n) is 10.8. The third-order valence-corrected chi connectivity index (χ3v) is 4.81. The maximum absolute atomic E-state index is 12.1. The second-order valence-electron chi connectivity index (χ2n) is 3.91. The molecule has 0 radical (unpaired) electrons. The van der Waals surface area contributed by atoms with Gasteiger partial charge in [-0.1, -0.05) is 11.3 Å². The molecule has 10 heteroatoms. The molecule has 2 aromatic heterocycles. The number of anilines is 1. The highest BCUT2D eigenvalue weighted by Gasteiger charge is 2.20. The number of aryl methyl sites for hydroxylation is 2. The molecule has 2 heterocycles. The van der Waals surface area contributed by atoms with Crippen LogP contribution in [0.4, 0.5) is 5.00 Å².